The molecule has 1 nitrogen and oxygen atoms in total. The van der Waals surface area contributed by atoms with Gasteiger partial charge in [-0.3, -0.25) is 0 Å². The van der Waals surface area contributed by atoms with Gasteiger partial charge in [-0.1, -0.05) is 75.4 Å². The van der Waals surface area contributed by atoms with Crippen molar-refractivity contribution < 1.29 is 0 Å². The van der Waals surface area contributed by atoms with Crippen LogP contribution in [0.3, 0.4) is 0 Å². The van der Waals surface area contributed by atoms with Crippen molar-refractivity contribution in [3.05, 3.63) is 60.2 Å². The average molecular weight is 338 g/mol. The molecule has 0 saturated carbocycles. The van der Waals surface area contributed by atoms with E-state index < -0.39 is 0 Å². The lowest BCUT2D eigenvalue weighted by molar-refractivity contribution is 0.557. The van der Waals surface area contributed by atoms with Crippen LogP contribution in [0.15, 0.2) is 54.6 Å². The maximum absolute atomic E-state index is 2.49. The second-order valence-electron chi connectivity index (χ2n) is 7.99. The molecule has 0 saturated heterocycles. The van der Waals surface area contributed by atoms with Gasteiger partial charge in [0.2, 0.25) is 0 Å². The van der Waals surface area contributed by atoms with Gasteiger partial charge >= 0.3 is 0 Å². The van der Waals surface area contributed by atoms with Crippen LogP contribution in [0.5, 0.6) is 0 Å². The molecule has 0 bridgehead atoms. The average Bonchev–Trinajstić information content (AvgIpc) is 2.59. The van der Waals surface area contributed by atoms with Crippen molar-refractivity contribution in [1.29, 1.82) is 0 Å². The molecule has 0 radical (unpaired) electrons. The summed E-state index contributed by atoms with van der Waals surface area (Å²) in [4.78, 5) is 2.49. The molecule has 0 aromatic heterocycles. The molecule has 0 aliphatic rings. The molecule has 0 aliphatic carbocycles. The molecular formula is C24H35N. The summed E-state index contributed by atoms with van der Waals surface area (Å²) in [6.07, 6.45) is 9.25. The highest BCUT2D eigenvalue weighted by atomic mass is 15.2. The van der Waals surface area contributed by atoms with E-state index >= 15 is 0 Å². The minimum Gasteiger partial charge on any atom is -0.336 e. The Morgan fingerprint density at radius 1 is 0.720 bits per heavy atom. The van der Waals surface area contributed by atoms with Gasteiger partial charge in [0.15, 0.2) is 0 Å². The zero-order valence-corrected chi connectivity index (χ0v) is 16.6. The maximum atomic E-state index is 2.49. The molecule has 0 fully saturated rings. The normalized spacial score (nSPS) is 11.5. The van der Waals surface area contributed by atoms with Crippen LogP contribution in [0.1, 0.15) is 71.8 Å². The van der Waals surface area contributed by atoms with Crippen molar-refractivity contribution in [2.45, 2.75) is 78.2 Å². The van der Waals surface area contributed by atoms with E-state index in [2.05, 4.69) is 87.2 Å². The molecule has 0 atom stereocenters. The highest BCUT2D eigenvalue weighted by Gasteiger charge is 2.24. The van der Waals surface area contributed by atoms with Crippen molar-refractivity contribution in [3.63, 3.8) is 0 Å². The first-order valence-electron chi connectivity index (χ1n) is 9.97. The van der Waals surface area contributed by atoms with Gasteiger partial charge in [-0.2, -0.15) is 0 Å². The number of hydrogen-bond acceptors (Lipinski definition) is 1. The third kappa shape index (κ3) is 5.92. The molecule has 0 amide bonds. The monoisotopic (exact) mass is 337 g/mol. The van der Waals surface area contributed by atoms with Gasteiger partial charge in [0.1, 0.15) is 0 Å². The van der Waals surface area contributed by atoms with Crippen LogP contribution in [-0.2, 0) is 6.42 Å². The third-order valence-electron chi connectivity index (χ3n) is 4.72. The van der Waals surface area contributed by atoms with E-state index in [0.717, 1.165) is 0 Å². The molecule has 2 aromatic rings. The molecule has 136 valence electrons. The van der Waals surface area contributed by atoms with Gasteiger partial charge in [-0.25, -0.2) is 0 Å². The van der Waals surface area contributed by atoms with Crippen LogP contribution in [0, 0.1) is 0 Å². The molecule has 0 aliphatic heterocycles. The van der Waals surface area contributed by atoms with E-state index in [-0.39, 0.29) is 5.54 Å². The van der Waals surface area contributed by atoms with Gasteiger partial charge in [0, 0.05) is 16.9 Å². The number of aryl methyl sites for hydroxylation is 1. The summed E-state index contributed by atoms with van der Waals surface area (Å²) in [5.74, 6) is 0. The van der Waals surface area contributed by atoms with E-state index in [1.165, 1.54) is 61.9 Å². The summed E-state index contributed by atoms with van der Waals surface area (Å²) in [7, 11) is 0. The lowest BCUT2D eigenvalue weighted by Gasteiger charge is -2.39. The fourth-order valence-electron chi connectivity index (χ4n) is 3.50. The number of para-hydroxylation sites is 2. The molecule has 2 aromatic carbocycles. The van der Waals surface area contributed by atoms with Gasteiger partial charge in [0.05, 0.1) is 0 Å². The Hall–Kier alpha value is -1.76. The fourth-order valence-corrected chi connectivity index (χ4v) is 3.50. The molecule has 0 N–H and O–H groups in total. The summed E-state index contributed by atoms with van der Waals surface area (Å²) < 4.78 is 0. The standard InChI is InChI=1S/C24H35N/c1-5-6-7-8-9-11-16-21-17-14-15-20-23(21)25(24(2,3)4)22-18-12-10-13-19-22/h10,12-15,17-20H,5-9,11,16H2,1-4H3. The Morgan fingerprint density at radius 2 is 1.32 bits per heavy atom. The summed E-state index contributed by atoms with van der Waals surface area (Å²) in [5, 5.41) is 0. The molecule has 2 rings (SSSR count). The number of unbranched alkanes of at least 4 members (excludes halogenated alkanes) is 5. The summed E-state index contributed by atoms with van der Waals surface area (Å²) in [5.41, 5.74) is 4.13. The first kappa shape index (κ1) is 19.6. The van der Waals surface area contributed by atoms with E-state index in [0.29, 0.717) is 0 Å². The highest BCUT2D eigenvalue weighted by molar-refractivity contribution is 5.68. The predicted molar refractivity (Wildman–Crippen MR) is 112 cm³/mol. The highest BCUT2D eigenvalue weighted by Crippen LogP contribution is 2.35. The Kier molecular flexibility index (Phi) is 7.55. The SMILES string of the molecule is CCCCCCCCc1ccccc1N(c1ccccc1)C(C)(C)C. The van der Waals surface area contributed by atoms with Crippen LogP contribution in [0.4, 0.5) is 11.4 Å². The summed E-state index contributed by atoms with van der Waals surface area (Å²) in [6, 6.07) is 19.7. The number of hydrogen-bond donors (Lipinski definition) is 0. The maximum Gasteiger partial charge on any atom is 0.0448 e. The third-order valence-corrected chi connectivity index (χ3v) is 4.72. The quantitative estimate of drug-likeness (QED) is 0.427. The first-order chi connectivity index (χ1) is 12.0. The van der Waals surface area contributed by atoms with E-state index in [1.807, 2.05) is 0 Å². The minimum absolute atomic E-state index is 0.0403. The number of nitrogens with zero attached hydrogens (tertiary/aromatic N) is 1. The summed E-state index contributed by atoms with van der Waals surface area (Å²) >= 11 is 0. The van der Waals surface area contributed by atoms with Crippen LogP contribution in [-0.4, -0.2) is 5.54 Å². The van der Waals surface area contributed by atoms with Crippen molar-refractivity contribution in [1.82, 2.24) is 0 Å². The molecule has 0 unspecified atom stereocenters. The van der Waals surface area contributed by atoms with E-state index in [1.54, 1.807) is 0 Å². The van der Waals surface area contributed by atoms with Crippen molar-refractivity contribution in [3.8, 4) is 0 Å². The molecule has 25 heavy (non-hydrogen) atoms. The van der Waals surface area contributed by atoms with E-state index in [9.17, 15) is 0 Å². The Labute approximate surface area is 155 Å². The van der Waals surface area contributed by atoms with E-state index in [4.69, 9.17) is 0 Å². The molecule has 1 heteroatoms. The van der Waals surface area contributed by atoms with Gasteiger partial charge in [-0.05, 0) is 57.4 Å². The minimum atomic E-state index is 0.0403. The Bertz CT molecular complexity index is 609. The smallest absolute Gasteiger partial charge is 0.0448 e. The second-order valence-corrected chi connectivity index (χ2v) is 7.99. The zero-order chi connectivity index (χ0) is 18.1. The Morgan fingerprint density at radius 3 is 2.00 bits per heavy atom. The van der Waals surface area contributed by atoms with Crippen molar-refractivity contribution in [2.75, 3.05) is 4.90 Å². The number of rotatable bonds is 9. The lowest BCUT2D eigenvalue weighted by atomic mass is 9.98. The van der Waals surface area contributed by atoms with Crippen LogP contribution in [0.2, 0.25) is 0 Å². The number of benzene rings is 2. The van der Waals surface area contributed by atoms with Crippen LogP contribution >= 0.6 is 0 Å². The molecule has 0 spiro atoms. The van der Waals surface area contributed by atoms with Gasteiger partial charge in [-0.15, -0.1) is 0 Å². The molecule has 0 heterocycles. The first-order valence-corrected chi connectivity index (χ1v) is 9.97. The van der Waals surface area contributed by atoms with Crippen LogP contribution in [0.25, 0.3) is 0 Å². The van der Waals surface area contributed by atoms with Gasteiger partial charge in [0.25, 0.3) is 0 Å². The largest absolute Gasteiger partial charge is 0.336 e. The second kappa shape index (κ2) is 9.65. The predicted octanol–water partition coefficient (Wildman–Crippen LogP) is 7.53. The topological polar surface area (TPSA) is 3.24 Å². The molecular weight excluding hydrogens is 302 g/mol. The zero-order valence-electron chi connectivity index (χ0n) is 16.6. The van der Waals surface area contributed by atoms with Gasteiger partial charge < -0.3 is 4.90 Å². The van der Waals surface area contributed by atoms with Crippen molar-refractivity contribution >= 4 is 11.4 Å². The van der Waals surface area contributed by atoms with Crippen LogP contribution < -0.4 is 4.90 Å². The number of anilines is 2. The Balaban J connectivity index is 2.16. The summed E-state index contributed by atoms with van der Waals surface area (Å²) in [6.45, 7) is 9.16. The van der Waals surface area contributed by atoms with Crippen molar-refractivity contribution in [2.24, 2.45) is 0 Å². The fraction of sp³-hybridized carbons (Fsp3) is 0.500. The lowest BCUT2D eigenvalue weighted by Crippen LogP contribution is -2.38.